The number of esters is 4. The van der Waals surface area contributed by atoms with Gasteiger partial charge in [0.1, 0.15) is 19.3 Å². The first-order valence-corrected chi connectivity index (χ1v) is 42.8. The molecule has 0 spiro atoms. The molecule has 0 fully saturated rings. The van der Waals surface area contributed by atoms with Crippen LogP contribution in [0.25, 0.3) is 0 Å². The van der Waals surface area contributed by atoms with E-state index in [1.807, 2.05) is 0 Å². The number of phosphoric ester groups is 2. The van der Waals surface area contributed by atoms with Gasteiger partial charge < -0.3 is 33.8 Å². The zero-order valence-corrected chi connectivity index (χ0v) is 64.6. The Labute approximate surface area is 588 Å². The van der Waals surface area contributed by atoms with Crippen molar-refractivity contribution in [2.24, 2.45) is 17.8 Å². The second-order valence-corrected chi connectivity index (χ2v) is 32.1. The molecular formula is C77H150O17P2. The van der Waals surface area contributed by atoms with E-state index >= 15 is 0 Å². The Morgan fingerprint density at radius 3 is 0.708 bits per heavy atom. The van der Waals surface area contributed by atoms with Crippen molar-refractivity contribution in [1.82, 2.24) is 0 Å². The lowest BCUT2D eigenvalue weighted by molar-refractivity contribution is -0.161. The van der Waals surface area contributed by atoms with Crippen molar-refractivity contribution in [2.75, 3.05) is 39.6 Å². The summed E-state index contributed by atoms with van der Waals surface area (Å²) in [4.78, 5) is 72.8. The Kier molecular flexibility index (Phi) is 66.2. The van der Waals surface area contributed by atoms with E-state index in [2.05, 4.69) is 48.5 Å². The third-order valence-electron chi connectivity index (χ3n) is 17.9. The molecule has 19 heteroatoms. The second kappa shape index (κ2) is 67.5. The van der Waals surface area contributed by atoms with Crippen LogP contribution in [0.5, 0.6) is 0 Å². The van der Waals surface area contributed by atoms with Gasteiger partial charge in [0.15, 0.2) is 12.2 Å². The first kappa shape index (κ1) is 94.1. The molecule has 570 valence electrons. The molecule has 0 saturated carbocycles. The molecule has 0 heterocycles. The smallest absolute Gasteiger partial charge is 0.462 e. The van der Waals surface area contributed by atoms with Crippen LogP contribution in [-0.2, 0) is 65.4 Å². The van der Waals surface area contributed by atoms with Crippen LogP contribution < -0.4 is 0 Å². The number of aliphatic hydroxyl groups is 1. The van der Waals surface area contributed by atoms with Crippen molar-refractivity contribution in [3.05, 3.63) is 0 Å². The Hall–Kier alpha value is -1.94. The summed E-state index contributed by atoms with van der Waals surface area (Å²) in [5.41, 5.74) is 0. The summed E-state index contributed by atoms with van der Waals surface area (Å²) in [6.07, 6.45) is 54.1. The summed E-state index contributed by atoms with van der Waals surface area (Å²) < 4.78 is 68.6. The van der Waals surface area contributed by atoms with Crippen molar-refractivity contribution in [3.63, 3.8) is 0 Å². The first-order chi connectivity index (χ1) is 46.2. The van der Waals surface area contributed by atoms with Gasteiger partial charge in [-0.15, -0.1) is 0 Å². The Balaban J connectivity index is 5.24. The van der Waals surface area contributed by atoms with E-state index in [-0.39, 0.29) is 25.7 Å². The topological polar surface area (TPSA) is 237 Å². The number of hydrogen-bond donors (Lipinski definition) is 3. The van der Waals surface area contributed by atoms with Crippen LogP contribution in [0.15, 0.2) is 0 Å². The minimum Gasteiger partial charge on any atom is -0.462 e. The van der Waals surface area contributed by atoms with E-state index < -0.39 is 97.5 Å². The Bertz CT molecular complexity index is 1870. The van der Waals surface area contributed by atoms with Crippen molar-refractivity contribution in [2.45, 2.75) is 414 Å². The normalized spacial score (nSPS) is 14.1. The molecule has 0 aliphatic carbocycles. The molecule has 0 aromatic rings. The third kappa shape index (κ3) is 70.5. The maximum atomic E-state index is 13.1. The van der Waals surface area contributed by atoms with Crippen LogP contribution in [0.1, 0.15) is 395 Å². The highest BCUT2D eigenvalue weighted by atomic mass is 31.2. The van der Waals surface area contributed by atoms with Crippen LogP contribution in [-0.4, -0.2) is 96.7 Å². The molecular weight excluding hydrogens is 1260 g/mol. The quantitative estimate of drug-likeness (QED) is 0.0222. The number of rotatable bonds is 75. The van der Waals surface area contributed by atoms with Gasteiger partial charge in [-0.3, -0.25) is 37.3 Å². The van der Waals surface area contributed by atoms with Crippen LogP contribution in [0, 0.1) is 17.8 Å². The highest BCUT2D eigenvalue weighted by Crippen LogP contribution is 2.45. The molecule has 0 aliphatic rings. The number of carbonyl (C=O) groups excluding carboxylic acids is 4. The van der Waals surface area contributed by atoms with E-state index in [0.717, 1.165) is 108 Å². The molecule has 0 bridgehead atoms. The molecule has 2 unspecified atom stereocenters. The number of hydrogen-bond acceptors (Lipinski definition) is 15. The van der Waals surface area contributed by atoms with Gasteiger partial charge in [-0.05, 0) is 43.4 Å². The average Bonchev–Trinajstić information content (AvgIpc) is 1.66. The molecule has 3 N–H and O–H groups in total. The number of unbranched alkanes of at least 4 members (excludes halogenated alkanes) is 43. The monoisotopic (exact) mass is 1410 g/mol. The summed E-state index contributed by atoms with van der Waals surface area (Å²) in [5, 5.41) is 10.6. The van der Waals surface area contributed by atoms with Gasteiger partial charge in [0.05, 0.1) is 26.4 Å². The molecule has 0 rings (SSSR count). The fraction of sp³-hybridized carbons (Fsp3) is 0.948. The molecule has 0 aliphatic heterocycles. The molecule has 0 amide bonds. The van der Waals surface area contributed by atoms with Gasteiger partial charge in [0.2, 0.25) is 0 Å². The highest BCUT2D eigenvalue weighted by molar-refractivity contribution is 7.47. The fourth-order valence-corrected chi connectivity index (χ4v) is 13.4. The van der Waals surface area contributed by atoms with Crippen LogP contribution >= 0.6 is 15.6 Å². The molecule has 0 saturated heterocycles. The summed E-state index contributed by atoms with van der Waals surface area (Å²) in [6.45, 7) is 11.9. The summed E-state index contributed by atoms with van der Waals surface area (Å²) >= 11 is 0. The van der Waals surface area contributed by atoms with Gasteiger partial charge in [0.25, 0.3) is 0 Å². The number of aliphatic hydroxyl groups excluding tert-OH is 1. The molecule has 17 nitrogen and oxygen atoms in total. The van der Waals surface area contributed by atoms with Crippen LogP contribution in [0.2, 0.25) is 0 Å². The molecule has 0 aromatic carbocycles. The second-order valence-electron chi connectivity index (χ2n) is 29.2. The zero-order valence-electron chi connectivity index (χ0n) is 62.8. The Morgan fingerprint density at radius 2 is 0.479 bits per heavy atom. The van der Waals surface area contributed by atoms with E-state index in [1.165, 1.54) is 205 Å². The summed E-state index contributed by atoms with van der Waals surface area (Å²) in [6, 6.07) is 0. The first-order valence-electron chi connectivity index (χ1n) is 39.8. The van der Waals surface area contributed by atoms with Gasteiger partial charge in [-0.1, -0.05) is 344 Å². The minimum atomic E-state index is -4.96. The molecule has 0 radical (unpaired) electrons. The van der Waals surface area contributed by atoms with E-state index in [4.69, 9.17) is 37.0 Å². The van der Waals surface area contributed by atoms with E-state index in [1.54, 1.807) is 0 Å². The van der Waals surface area contributed by atoms with Crippen LogP contribution in [0.4, 0.5) is 0 Å². The maximum absolute atomic E-state index is 13.1. The standard InChI is InChI=1S/C77H150O17P2/c1-8-9-10-11-12-13-14-24-30-39-46-53-60-76(81)94-73(65-88-75(80)59-52-45-38-33-32-36-43-50-57-70(6)7)67-92-96(85,86)90-63-71(78)62-89-95(83,84)91-66-72(64-87-74(79)58-51-44-37-29-26-21-23-28-35-42-49-56-69(4)5)93-77(82)61-54-47-40-31-25-20-18-16-15-17-19-22-27-34-41-48-55-68(2)3/h68-73,78H,8-67H2,1-7H3,(H,83,84)(H,85,86)/t71-,72-,73-/m1/s1. The predicted octanol–water partition coefficient (Wildman–Crippen LogP) is 22.6. The number of carbonyl (C=O) groups is 4. The Morgan fingerprint density at radius 1 is 0.281 bits per heavy atom. The molecule has 0 aromatic heterocycles. The summed E-state index contributed by atoms with van der Waals surface area (Å²) in [7, 11) is -9.91. The SMILES string of the molecule is CCCCCCCCCCCCCCC(=O)O[C@H](COC(=O)CCCCCCCCCCC(C)C)COP(=O)(O)OC[C@H](O)COP(=O)(O)OC[C@@H](COC(=O)CCCCCCCCCCCCCC(C)C)OC(=O)CCCCCCCCCCCCCCCCCCC(C)C. The lowest BCUT2D eigenvalue weighted by atomic mass is 10.0. The molecule has 96 heavy (non-hydrogen) atoms. The predicted molar refractivity (Wildman–Crippen MR) is 391 cm³/mol. The van der Waals surface area contributed by atoms with Gasteiger partial charge >= 0.3 is 39.5 Å². The third-order valence-corrected chi connectivity index (χ3v) is 19.8. The lowest BCUT2D eigenvalue weighted by Gasteiger charge is -2.21. The van der Waals surface area contributed by atoms with Gasteiger partial charge in [-0.25, -0.2) is 9.13 Å². The minimum absolute atomic E-state index is 0.107. The zero-order chi connectivity index (χ0) is 70.9. The van der Waals surface area contributed by atoms with E-state index in [9.17, 15) is 43.2 Å². The highest BCUT2D eigenvalue weighted by Gasteiger charge is 2.30. The van der Waals surface area contributed by atoms with Crippen LogP contribution in [0.3, 0.4) is 0 Å². The summed E-state index contributed by atoms with van der Waals surface area (Å²) in [5.74, 6) is 0.191. The van der Waals surface area contributed by atoms with E-state index in [0.29, 0.717) is 25.7 Å². The molecule has 5 atom stereocenters. The van der Waals surface area contributed by atoms with Crippen molar-refractivity contribution >= 4 is 39.5 Å². The number of phosphoric acid groups is 2. The van der Waals surface area contributed by atoms with Crippen molar-refractivity contribution in [1.29, 1.82) is 0 Å². The maximum Gasteiger partial charge on any atom is 0.472 e. The fourth-order valence-electron chi connectivity index (χ4n) is 11.8. The van der Waals surface area contributed by atoms with Crippen molar-refractivity contribution < 1.29 is 80.2 Å². The number of ether oxygens (including phenoxy) is 4. The average molecular weight is 1410 g/mol. The van der Waals surface area contributed by atoms with Gasteiger partial charge in [-0.2, -0.15) is 0 Å². The largest absolute Gasteiger partial charge is 0.472 e. The van der Waals surface area contributed by atoms with Crippen molar-refractivity contribution in [3.8, 4) is 0 Å². The van der Waals surface area contributed by atoms with Gasteiger partial charge in [0, 0.05) is 25.7 Å². The lowest BCUT2D eigenvalue weighted by Crippen LogP contribution is -2.30.